The molecule has 1 rings (SSSR count). The zero-order valence-electron chi connectivity index (χ0n) is 12.6. The van der Waals surface area contributed by atoms with E-state index in [0.717, 1.165) is 31.6 Å². The molecule has 4 heteroatoms. The Hall–Kier alpha value is -1.06. The number of rotatable bonds is 5. The van der Waals surface area contributed by atoms with E-state index in [1.165, 1.54) is 0 Å². The summed E-state index contributed by atoms with van der Waals surface area (Å²) in [4.78, 5) is 24.7. The minimum atomic E-state index is -0.844. The molecular formula is C15H27NO3. The van der Waals surface area contributed by atoms with Crippen LogP contribution in [0.4, 0.5) is 0 Å². The van der Waals surface area contributed by atoms with Gasteiger partial charge in [0.15, 0.2) is 0 Å². The third kappa shape index (κ3) is 4.51. The summed E-state index contributed by atoms with van der Waals surface area (Å²) in [6.45, 7) is 6.43. The van der Waals surface area contributed by atoms with Crippen LogP contribution in [0.25, 0.3) is 0 Å². The van der Waals surface area contributed by atoms with Gasteiger partial charge in [-0.2, -0.15) is 0 Å². The Morgan fingerprint density at radius 3 is 2.11 bits per heavy atom. The van der Waals surface area contributed by atoms with Crippen molar-refractivity contribution in [2.45, 2.75) is 46.5 Å². The predicted octanol–water partition coefficient (Wildman–Crippen LogP) is 2.63. The van der Waals surface area contributed by atoms with Crippen LogP contribution in [-0.4, -0.2) is 35.5 Å². The van der Waals surface area contributed by atoms with Crippen LogP contribution in [0.1, 0.15) is 46.5 Å². The van der Waals surface area contributed by atoms with E-state index in [1.807, 2.05) is 0 Å². The fourth-order valence-corrected chi connectivity index (χ4v) is 2.92. The molecule has 1 fully saturated rings. The molecule has 0 bridgehead atoms. The number of nitrogens with zero attached hydrogens (tertiary/aromatic N) is 1. The fraction of sp³-hybridized carbons (Fsp3) is 0.867. The quantitative estimate of drug-likeness (QED) is 0.834. The first-order valence-electron chi connectivity index (χ1n) is 7.30. The lowest BCUT2D eigenvalue weighted by molar-refractivity contribution is -0.143. The van der Waals surface area contributed by atoms with Crippen LogP contribution in [-0.2, 0) is 9.59 Å². The van der Waals surface area contributed by atoms with E-state index in [9.17, 15) is 9.59 Å². The van der Waals surface area contributed by atoms with Gasteiger partial charge in [-0.25, -0.2) is 0 Å². The molecule has 0 saturated heterocycles. The first-order valence-corrected chi connectivity index (χ1v) is 7.30. The molecule has 1 unspecified atom stereocenters. The summed E-state index contributed by atoms with van der Waals surface area (Å²) in [7, 11) is 1.72. The molecule has 0 heterocycles. The second-order valence-corrected chi connectivity index (χ2v) is 6.31. The second kappa shape index (κ2) is 6.92. The van der Waals surface area contributed by atoms with E-state index in [0.29, 0.717) is 12.5 Å². The maximum Gasteiger partial charge on any atom is 0.308 e. The van der Waals surface area contributed by atoms with Crippen LogP contribution in [0.2, 0.25) is 0 Å². The van der Waals surface area contributed by atoms with E-state index >= 15 is 0 Å². The van der Waals surface area contributed by atoms with Crippen molar-refractivity contribution < 1.29 is 14.7 Å². The molecule has 110 valence electrons. The number of carbonyl (C=O) groups excluding carboxylic acids is 1. The highest BCUT2D eigenvalue weighted by Crippen LogP contribution is 2.34. The minimum Gasteiger partial charge on any atom is -0.481 e. The number of aliphatic carboxylic acids is 1. The Bertz CT molecular complexity index is 319. The molecule has 19 heavy (non-hydrogen) atoms. The van der Waals surface area contributed by atoms with Crippen molar-refractivity contribution in [1.82, 2.24) is 4.90 Å². The van der Waals surface area contributed by atoms with Crippen molar-refractivity contribution in [3.63, 3.8) is 0 Å². The Kier molecular flexibility index (Phi) is 5.83. The van der Waals surface area contributed by atoms with Crippen molar-refractivity contribution in [2.24, 2.45) is 23.7 Å². The van der Waals surface area contributed by atoms with Crippen molar-refractivity contribution in [3.8, 4) is 0 Å². The number of carbonyl (C=O) groups is 2. The van der Waals surface area contributed by atoms with Gasteiger partial charge in [0.2, 0.25) is 5.91 Å². The van der Waals surface area contributed by atoms with Gasteiger partial charge in [-0.15, -0.1) is 0 Å². The molecule has 0 spiro atoms. The number of hydrogen-bond acceptors (Lipinski definition) is 2. The summed E-state index contributed by atoms with van der Waals surface area (Å²) < 4.78 is 0. The zero-order chi connectivity index (χ0) is 14.6. The minimum absolute atomic E-state index is 0.0981. The van der Waals surface area contributed by atoms with E-state index in [1.54, 1.807) is 18.9 Å². The van der Waals surface area contributed by atoms with Gasteiger partial charge in [0.25, 0.3) is 0 Å². The molecular weight excluding hydrogens is 242 g/mol. The lowest BCUT2D eigenvalue weighted by Gasteiger charge is -2.32. The van der Waals surface area contributed by atoms with Gasteiger partial charge in [-0.1, -0.05) is 20.8 Å². The predicted molar refractivity (Wildman–Crippen MR) is 74.7 cm³/mol. The zero-order valence-corrected chi connectivity index (χ0v) is 12.6. The molecule has 4 nitrogen and oxygen atoms in total. The van der Waals surface area contributed by atoms with Gasteiger partial charge in [0.1, 0.15) is 0 Å². The molecule has 1 atom stereocenters. The van der Waals surface area contributed by atoms with Crippen LogP contribution in [0.5, 0.6) is 0 Å². The Labute approximate surface area is 116 Å². The number of carboxylic acid groups (broad SMARTS) is 1. The van der Waals surface area contributed by atoms with E-state index < -0.39 is 11.9 Å². The Morgan fingerprint density at radius 2 is 1.68 bits per heavy atom. The van der Waals surface area contributed by atoms with E-state index in [-0.39, 0.29) is 11.8 Å². The summed E-state index contributed by atoms with van der Waals surface area (Å²) >= 11 is 0. The van der Waals surface area contributed by atoms with Crippen LogP contribution >= 0.6 is 0 Å². The Balaban J connectivity index is 2.44. The molecule has 0 aromatic rings. The van der Waals surface area contributed by atoms with Gasteiger partial charge in [0, 0.05) is 19.5 Å². The van der Waals surface area contributed by atoms with Gasteiger partial charge in [-0.3, -0.25) is 9.59 Å². The van der Waals surface area contributed by atoms with Crippen molar-refractivity contribution in [1.29, 1.82) is 0 Å². The topological polar surface area (TPSA) is 57.6 Å². The second-order valence-electron chi connectivity index (χ2n) is 6.31. The van der Waals surface area contributed by atoms with Crippen LogP contribution < -0.4 is 0 Å². The highest BCUT2D eigenvalue weighted by molar-refractivity contribution is 5.79. The lowest BCUT2D eigenvalue weighted by atomic mass is 9.76. The monoisotopic (exact) mass is 269 g/mol. The van der Waals surface area contributed by atoms with E-state index in [2.05, 4.69) is 13.8 Å². The first kappa shape index (κ1) is 16.0. The van der Waals surface area contributed by atoms with Crippen LogP contribution in [0.3, 0.4) is 0 Å². The Morgan fingerprint density at radius 1 is 1.16 bits per heavy atom. The molecule has 1 N–H and O–H groups in total. The molecule has 0 aromatic carbocycles. The average Bonchev–Trinajstić information content (AvgIpc) is 2.37. The lowest BCUT2D eigenvalue weighted by Crippen LogP contribution is -2.39. The normalized spacial score (nSPS) is 25.1. The third-order valence-corrected chi connectivity index (χ3v) is 4.41. The maximum absolute atomic E-state index is 12.3. The first-order chi connectivity index (χ1) is 8.82. The summed E-state index contributed by atoms with van der Waals surface area (Å²) in [5, 5.41) is 8.88. The fourth-order valence-electron chi connectivity index (χ4n) is 2.92. The molecule has 0 aliphatic heterocycles. The number of hydrogen-bond donors (Lipinski definition) is 1. The maximum atomic E-state index is 12.3. The van der Waals surface area contributed by atoms with Crippen molar-refractivity contribution in [3.05, 3.63) is 0 Å². The van der Waals surface area contributed by atoms with Crippen molar-refractivity contribution >= 4 is 11.9 Å². The molecule has 0 radical (unpaired) electrons. The largest absolute Gasteiger partial charge is 0.481 e. The van der Waals surface area contributed by atoms with Crippen LogP contribution in [0.15, 0.2) is 0 Å². The highest BCUT2D eigenvalue weighted by atomic mass is 16.4. The molecule has 1 aliphatic rings. The smallest absolute Gasteiger partial charge is 0.308 e. The average molecular weight is 269 g/mol. The van der Waals surface area contributed by atoms with E-state index in [4.69, 9.17) is 5.11 Å². The molecule has 1 saturated carbocycles. The third-order valence-electron chi connectivity index (χ3n) is 4.41. The standard InChI is InChI=1S/C15H27NO3/c1-10(2)12-5-7-13(8-6-12)14(17)16(4)9-11(3)15(18)19/h10-13H,5-9H2,1-4H3,(H,18,19). The summed E-state index contributed by atoms with van der Waals surface area (Å²) in [5.41, 5.74) is 0. The molecule has 0 aromatic heterocycles. The summed E-state index contributed by atoms with van der Waals surface area (Å²) in [5.74, 6) is 0.313. The van der Waals surface area contributed by atoms with Gasteiger partial charge >= 0.3 is 5.97 Å². The highest BCUT2D eigenvalue weighted by Gasteiger charge is 2.30. The molecule has 1 amide bonds. The van der Waals surface area contributed by atoms with Crippen LogP contribution in [0, 0.1) is 23.7 Å². The van der Waals surface area contributed by atoms with Gasteiger partial charge < -0.3 is 10.0 Å². The summed E-state index contributed by atoms with van der Waals surface area (Å²) in [6.07, 6.45) is 4.15. The van der Waals surface area contributed by atoms with Gasteiger partial charge in [0.05, 0.1) is 5.92 Å². The number of amides is 1. The summed E-state index contributed by atoms with van der Waals surface area (Å²) in [6, 6.07) is 0. The SMILES string of the molecule is CC(CN(C)C(=O)C1CCC(C(C)C)CC1)C(=O)O. The number of carboxylic acids is 1. The van der Waals surface area contributed by atoms with Crippen molar-refractivity contribution in [2.75, 3.05) is 13.6 Å². The van der Waals surface area contributed by atoms with Gasteiger partial charge in [-0.05, 0) is 37.5 Å². The molecule has 1 aliphatic carbocycles.